The molecule has 2 aromatic rings. The largest absolute Gasteiger partial charge is 0.514 e. The number of nitrogens with one attached hydrogen (secondary N) is 2. The van der Waals surface area contributed by atoms with Crippen LogP contribution in [0.1, 0.15) is 75.0 Å². The Bertz CT molecular complexity index is 1760. The van der Waals surface area contributed by atoms with Gasteiger partial charge < -0.3 is 44.3 Å². The van der Waals surface area contributed by atoms with Gasteiger partial charge in [0.1, 0.15) is 30.2 Å². The second-order valence-electron chi connectivity index (χ2n) is 15.7. The van der Waals surface area contributed by atoms with Crippen molar-refractivity contribution in [3.05, 3.63) is 64.7 Å². The van der Waals surface area contributed by atoms with E-state index in [2.05, 4.69) is 28.7 Å². The molecule has 2 bridgehead atoms. The summed E-state index contributed by atoms with van der Waals surface area (Å²) in [6.07, 6.45) is 2.70. The van der Waals surface area contributed by atoms with Gasteiger partial charge in [-0.15, -0.1) is 0 Å². The fourth-order valence-electron chi connectivity index (χ4n) is 7.51. The lowest BCUT2D eigenvalue weighted by Crippen LogP contribution is -2.64. The van der Waals surface area contributed by atoms with E-state index in [1.54, 1.807) is 53.7 Å². The molecule has 2 heterocycles. The molecule has 274 valence electrons. The number of ether oxygens (including phenoxy) is 5. The molecule has 5 atom stereocenters. The van der Waals surface area contributed by atoms with Crippen molar-refractivity contribution >= 4 is 24.1 Å². The molecule has 1 saturated heterocycles. The highest BCUT2D eigenvalue weighted by Gasteiger charge is 2.64. The molecule has 2 aromatic carbocycles. The molecule has 4 aliphatic rings. The van der Waals surface area contributed by atoms with Crippen LogP contribution in [0.5, 0.6) is 17.2 Å². The number of aliphatic hydroxyl groups is 1. The number of nitrogens with zero attached hydrogens (tertiary/aromatic N) is 1. The first-order valence-corrected chi connectivity index (χ1v) is 17.3. The Labute approximate surface area is 297 Å². The quantitative estimate of drug-likeness (QED) is 0.117. The topological polar surface area (TPSA) is 162 Å². The lowest BCUT2D eigenvalue weighted by Gasteiger charge is -2.56. The average Bonchev–Trinajstić information content (AvgIpc) is 3.41. The molecule has 51 heavy (non-hydrogen) atoms. The molecule has 0 radical (unpaired) electrons. The normalized spacial score (nSPS) is 24.5. The van der Waals surface area contributed by atoms with Crippen LogP contribution in [0.15, 0.2) is 42.5 Å². The third-order valence-electron chi connectivity index (χ3n) is 9.87. The molecule has 3 N–H and O–H groups in total. The number of aliphatic hydroxyl groups excluding tert-OH is 1. The van der Waals surface area contributed by atoms with Gasteiger partial charge in [-0.1, -0.05) is 24.3 Å². The van der Waals surface area contributed by atoms with Crippen molar-refractivity contribution in [2.45, 2.75) is 90.3 Å². The van der Waals surface area contributed by atoms with Gasteiger partial charge in [-0.05, 0) is 97.3 Å². The highest BCUT2D eigenvalue weighted by Crippen LogP contribution is 2.62. The van der Waals surface area contributed by atoms with Gasteiger partial charge in [-0.3, -0.25) is 9.59 Å². The summed E-state index contributed by atoms with van der Waals surface area (Å²) >= 11 is 0. The number of carbonyl (C=O) groups is 4. The average molecular weight is 706 g/mol. The van der Waals surface area contributed by atoms with Gasteiger partial charge in [-0.25, -0.2) is 9.59 Å². The first kappa shape index (κ1) is 36.2. The summed E-state index contributed by atoms with van der Waals surface area (Å²) < 4.78 is 28.4. The standard InChI is InChI=1S/C38H47N3O10/c1-36(2,3)33(44)48-27-12-8-21(18-23(27)32(43)39-15-16-40-34(45)51-37(4,5)6)20-47-35(46)49-28-13-9-22-19-25-24-10-11-26(42)31-38(24,14-17-41(25)7)29(22)30(28)50-31/h8-13,18,24-26,31,42H,14-17,19-20H2,1-7H3,(H,39,43)(H,40,45)/t24-,25+,26-,31-,38-/m0/s1. The van der Waals surface area contributed by atoms with Crippen LogP contribution in [-0.2, 0) is 32.7 Å². The fraction of sp³-hybridized carbons (Fsp3) is 0.526. The first-order valence-electron chi connectivity index (χ1n) is 17.3. The van der Waals surface area contributed by atoms with Gasteiger partial charge in [0.05, 0.1) is 11.0 Å². The van der Waals surface area contributed by atoms with Gasteiger partial charge in [0.25, 0.3) is 5.91 Å². The maximum Gasteiger partial charge on any atom is 0.514 e. The van der Waals surface area contributed by atoms with Crippen LogP contribution in [0.2, 0.25) is 0 Å². The van der Waals surface area contributed by atoms with Gasteiger partial charge in [-0.2, -0.15) is 0 Å². The first-order chi connectivity index (χ1) is 24.0. The maximum atomic E-state index is 13.3. The van der Waals surface area contributed by atoms with Gasteiger partial charge in [0, 0.05) is 36.0 Å². The smallest absolute Gasteiger partial charge is 0.482 e. The Morgan fingerprint density at radius 1 is 0.980 bits per heavy atom. The lowest BCUT2D eigenvalue weighted by molar-refractivity contribution is -0.143. The predicted molar refractivity (Wildman–Crippen MR) is 185 cm³/mol. The molecule has 1 fully saturated rings. The Hall–Kier alpha value is -4.62. The predicted octanol–water partition coefficient (Wildman–Crippen LogP) is 4.41. The van der Waals surface area contributed by atoms with Gasteiger partial charge in [0.2, 0.25) is 0 Å². The molecule has 2 amide bonds. The summed E-state index contributed by atoms with van der Waals surface area (Å²) in [5.74, 6) is -0.228. The zero-order valence-corrected chi connectivity index (χ0v) is 30.2. The summed E-state index contributed by atoms with van der Waals surface area (Å²) in [5.41, 5.74) is 0.702. The summed E-state index contributed by atoms with van der Waals surface area (Å²) in [6.45, 7) is 11.1. The second kappa shape index (κ2) is 13.5. The number of carbonyl (C=O) groups excluding carboxylic acids is 4. The van der Waals surface area contributed by atoms with E-state index in [0.717, 1.165) is 30.5 Å². The molecule has 13 heteroatoms. The van der Waals surface area contributed by atoms with Crippen molar-refractivity contribution < 1.29 is 48.0 Å². The fourth-order valence-corrected chi connectivity index (χ4v) is 7.51. The minimum Gasteiger partial charge on any atom is -0.482 e. The molecule has 1 spiro atoms. The third-order valence-corrected chi connectivity index (χ3v) is 9.87. The van der Waals surface area contributed by atoms with Crippen LogP contribution in [0.3, 0.4) is 0 Å². The number of hydrogen-bond acceptors (Lipinski definition) is 11. The minimum absolute atomic E-state index is 0.0278. The molecular weight excluding hydrogens is 658 g/mol. The van der Waals surface area contributed by atoms with Crippen molar-refractivity contribution in [3.8, 4) is 17.2 Å². The minimum atomic E-state index is -0.975. The highest BCUT2D eigenvalue weighted by molar-refractivity contribution is 5.98. The number of amides is 2. The molecule has 0 unspecified atom stereocenters. The van der Waals surface area contributed by atoms with Crippen LogP contribution in [-0.4, -0.2) is 84.7 Å². The van der Waals surface area contributed by atoms with E-state index in [9.17, 15) is 24.3 Å². The second-order valence-corrected chi connectivity index (χ2v) is 15.7. The lowest BCUT2D eigenvalue weighted by atomic mass is 9.53. The number of likely N-dealkylation sites (tertiary alicyclic amines) is 1. The molecule has 13 nitrogen and oxygen atoms in total. The van der Waals surface area contributed by atoms with Gasteiger partial charge in [0.15, 0.2) is 11.5 Å². The van der Waals surface area contributed by atoms with Crippen LogP contribution in [0.4, 0.5) is 9.59 Å². The number of benzene rings is 2. The maximum absolute atomic E-state index is 13.3. The molecule has 0 saturated carbocycles. The SMILES string of the molecule is CN1CC[C@]23c4c5ccc(OC(=O)OCc6ccc(OC(=O)C(C)(C)C)c(C(=O)NCCNC(=O)OC(C)(C)C)c6)c4O[C@H]2[C@@H](O)C=C[C@H]3[C@H]1C5. The summed E-state index contributed by atoms with van der Waals surface area (Å²) in [5, 5.41) is 16.3. The van der Waals surface area contributed by atoms with Crippen molar-refractivity contribution in [2.24, 2.45) is 11.3 Å². The number of alkyl carbamates (subject to hydrolysis) is 1. The number of hydrogen-bond donors (Lipinski definition) is 3. The number of esters is 1. The molecule has 6 rings (SSSR count). The van der Waals surface area contributed by atoms with Crippen LogP contribution in [0, 0.1) is 11.3 Å². The summed E-state index contributed by atoms with van der Waals surface area (Å²) in [7, 11) is 2.13. The zero-order valence-electron chi connectivity index (χ0n) is 30.2. The Kier molecular flexibility index (Phi) is 9.57. The number of likely N-dealkylation sites (N-methyl/N-ethyl adjacent to an activating group) is 1. The third kappa shape index (κ3) is 7.14. The van der Waals surface area contributed by atoms with E-state index in [-0.39, 0.29) is 48.7 Å². The van der Waals surface area contributed by atoms with Gasteiger partial charge >= 0.3 is 18.2 Å². The number of piperidine rings is 1. The highest BCUT2D eigenvalue weighted by atomic mass is 16.7. The molecule has 0 aromatic heterocycles. The van der Waals surface area contributed by atoms with Crippen molar-refractivity contribution in [2.75, 3.05) is 26.7 Å². The Balaban J connectivity index is 1.14. The molecule has 2 aliphatic carbocycles. The summed E-state index contributed by atoms with van der Waals surface area (Å²) in [4.78, 5) is 53.4. The van der Waals surface area contributed by atoms with Crippen molar-refractivity contribution in [1.82, 2.24) is 15.5 Å². The van der Waals surface area contributed by atoms with Crippen LogP contribution in [0.25, 0.3) is 0 Å². The van der Waals surface area contributed by atoms with Crippen molar-refractivity contribution in [3.63, 3.8) is 0 Å². The van der Waals surface area contributed by atoms with E-state index >= 15 is 0 Å². The van der Waals surface area contributed by atoms with E-state index in [4.69, 9.17) is 23.7 Å². The zero-order chi connectivity index (χ0) is 36.9. The monoisotopic (exact) mass is 705 g/mol. The van der Waals surface area contributed by atoms with E-state index in [1.165, 1.54) is 12.1 Å². The Morgan fingerprint density at radius 2 is 1.71 bits per heavy atom. The van der Waals surface area contributed by atoms with Crippen LogP contribution < -0.4 is 24.8 Å². The van der Waals surface area contributed by atoms with Crippen LogP contribution >= 0.6 is 0 Å². The van der Waals surface area contributed by atoms with E-state index in [1.807, 2.05) is 12.1 Å². The summed E-state index contributed by atoms with van der Waals surface area (Å²) in [6, 6.07) is 8.46. The van der Waals surface area contributed by atoms with E-state index < -0.39 is 52.8 Å². The van der Waals surface area contributed by atoms with Crippen molar-refractivity contribution in [1.29, 1.82) is 0 Å². The van der Waals surface area contributed by atoms with E-state index in [0.29, 0.717) is 11.3 Å². The molecule has 2 aliphatic heterocycles. The Morgan fingerprint density at radius 3 is 2.43 bits per heavy atom. The number of rotatable bonds is 8. The molecular formula is C38H47N3O10.